The van der Waals surface area contributed by atoms with Gasteiger partial charge < -0.3 is 15.6 Å². The molecule has 0 aliphatic carbocycles. The van der Waals surface area contributed by atoms with Crippen molar-refractivity contribution in [3.8, 4) is 5.82 Å². The van der Waals surface area contributed by atoms with E-state index in [2.05, 4.69) is 10.1 Å². The zero-order chi connectivity index (χ0) is 14.7. The van der Waals surface area contributed by atoms with E-state index in [1.54, 1.807) is 6.92 Å². The smallest absolute Gasteiger partial charge is 0.341 e. The lowest BCUT2D eigenvalue weighted by molar-refractivity contribution is 0.0526. The van der Waals surface area contributed by atoms with Crippen molar-refractivity contribution in [2.75, 3.05) is 12.3 Å². The summed E-state index contributed by atoms with van der Waals surface area (Å²) >= 11 is 0. The second-order valence-corrected chi connectivity index (χ2v) is 3.84. The largest absolute Gasteiger partial charge is 0.478 e. The molecular weight excluding hydrogens is 264 g/mol. The lowest BCUT2D eigenvalue weighted by Crippen LogP contribution is -2.07. The molecule has 0 aliphatic rings. The van der Waals surface area contributed by atoms with Crippen molar-refractivity contribution in [3.05, 3.63) is 35.8 Å². The van der Waals surface area contributed by atoms with E-state index in [-0.39, 0.29) is 29.2 Å². The van der Waals surface area contributed by atoms with Gasteiger partial charge in [-0.3, -0.25) is 0 Å². The summed E-state index contributed by atoms with van der Waals surface area (Å²) in [6.07, 6.45) is 3.90. The Bertz CT molecular complexity index is 665. The van der Waals surface area contributed by atoms with Gasteiger partial charge in [-0.15, -0.1) is 0 Å². The standard InChI is InChI=1S/C12H12N4O4/c1-2-20-12(19)8-5-15-16(6-8)10-9(13)3-7(4-14-10)11(17)18/h3-6H,2,13H2,1H3,(H,17,18). The summed E-state index contributed by atoms with van der Waals surface area (Å²) < 4.78 is 6.12. The van der Waals surface area contributed by atoms with Crippen molar-refractivity contribution in [1.29, 1.82) is 0 Å². The first-order valence-electron chi connectivity index (χ1n) is 5.74. The highest BCUT2D eigenvalue weighted by Gasteiger charge is 2.13. The molecule has 0 radical (unpaired) electrons. The van der Waals surface area contributed by atoms with E-state index in [9.17, 15) is 9.59 Å². The molecule has 0 saturated heterocycles. The van der Waals surface area contributed by atoms with E-state index in [0.717, 1.165) is 0 Å². The van der Waals surface area contributed by atoms with Gasteiger partial charge in [-0.05, 0) is 13.0 Å². The number of aromatic nitrogens is 3. The molecule has 0 saturated carbocycles. The number of rotatable bonds is 4. The predicted molar refractivity (Wildman–Crippen MR) is 68.7 cm³/mol. The molecule has 0 atom stereocenters. The summed E-state index contributed by atoms with van der Waals surface area (Å²) in [5.74, 6) is -1.38. The molecule has 0 unspecified atom stereocenters. The SMILES string of the molecule is CCOC(=O)c1cnn(-c2ncc(C(=O)O)cc2N)c1. The first kappa shape index (κ1) is 13.5. The van der Waals surface area contributed by atoms with Crippen LogP contribution in [0.25, 0.3) is 5.82 Å². The Hall–Kier alpha value is -2.90. The Morgan fingerprint density at radius 1 is 1.40 bits per heavy atom. The second kappa shape index (κ2) is 5.39. The Kier molecular flexibility index (Phi) is 3.65. The number of carbonyl (C=O) groups excluding carboxylic acids is 1. The van der Waals surface area contributed by atoms with Crippen LogP contribution in [0.2, 0.25) is 0 Å². The first-order valence-corrected chi connectivity index (χ1v) is 5.74. The number of aromatic carboxylic acids is 1. The summed E-state index contributed by atoms with van der Waals surface area (Å²) in [5.41, 5.74) is 6.11. The van der Waals surface area contributed by atoms with Crippen molar-refractivity contribution in [2.45, 2.75) is 6.92 Å². The molecule has 0 fully saturated rings. The zero-order valence-corrected chi connectivity index (χ0v) is 10.6. The fraction of sp³-hybridized carbons (Fsp3) is 0.167. The number of nitrogens with two attached hydrogens (primary N) is 1. The molecule has 3 N–H and O–H groups in total. The molecule has 20 heavy (non-hydrogen) atoms. The molecule has 8 nitrogen and oxygen atoms in total. The molecule has 2 aromatic heterocycles. The summed E-state index contributed by atoms with van der Waals surface area (Å²) in [7, 11) is 0. The Labute approximate surface area is 113 Å². The van der Waals surface area contributed by atoms with Gasteiger partial charge in [0.15, 0.2) is 5.82 Å². The van der Waals surface area contributed by atoms with Crippen LogP contribution in [0.15, 0.2) is 24.7 Å². The average molecular weight is 276 g/mol. The lowest BCUT2D eigenvalue weighted by Gasteiger charge is -2.05. The minimum atomic E-state index is -1.12. The van der Waals surface area contributed by atoms with E-state index >= 15 is 0 Å². The third-order valence-electron chi connectivity index (χ3n) is 2.45. The van der Waals surface area contributed by atoms with Gasteiger partial charge in [0, 0.05) is 12.4 Å². The fourth-order valence-electron chi connectivity index (χ4n) is 1.54. The molecule has 2 rings (SSSR count). The van der Waals surface area contributed by atoms with Crippen molar-refractivity contribution in [1.82, 2.24) is 14.8 Å². The quantitative estimate of drug-likeness (QED) is 0.789. The third-order valence-corrected chi connectivity index (χ3v) is 2.45. The maximum absolute atomic E-state index is 11.5. The van der Waals surface area contributed by atoms with Gasteiger partial charge in [-0.1, -0.05) is 0 Å². The minimum Gasteiger partial charge on any atom is -0.478 e. The van der Waals surface area contributed by atoms with Crippen molar-refractivity contribution in [2.24, 2.45) is 0 Å². The monoisotopic (exact) mass is 276 g/mol. The van der Waals surface area contributed by atoms with Crippen LogP contribution in [-0.4, -0.2) is 38.4 Å². The minimum absolute atomic E-state index is 0.0241. The normalized spacial score (nSPS) is 10.2. The van der Waals surface area contributed by atoms with Crippen LogP contribution in [0.3, 0.4) is 0 Å². The maximum Gasteiger partial charge on any atom is 0.341 e. The second-order valence-electron chi connectivity index (χ2n) is 3.84. The number of carbonyl (C=O) groups is 2. The molecule has 0 bridgehead atoms. The lowest BCUT2D eigenvalue weighted by atomic mass is 10.2. The summed E-state index contributed by atoms with van der Waals surface area (Å²) in [4.78, 5) is 26.2. The Balaban J connectivity index is 2.33. The van der Waals surface area contributed by atoms with E-state index in [4.69, 9.17) is 15.6 Å². The molecule has 0 aliphatic heterocycles. The van der Waals surface area contributed by atoms with Crippen LogP contribution < -0.4 is 5.73 Å². The fourth-order valence-corrected chi connectivity index (χ4v) is 1.54. The van der Waals surface area contributed by atoms with Crippen LogP contribution in [0, 0.1) is 0 Å². The van der Waals surface area contributed by atoms with E-state index in [0.29, 0.717) is 0 Å². The third kappa shape index (κ3) is 2.58. The summed E-state index contributed by atoms with van der Waals surface area (Å²) in [6, 6.07) is 1.27. The van der Waals surface area contributed by atoms with Crippen LogP contribution in [0.1, 0.15) is 27.6 Å². The molecular formula is C12H12N4O4. The predicted octanol–water partition coefficient (Wildman–Crippen LogP) is 0.724. The highest BCUT2D eigenvalue weighted by Crippen LogP contribution is 2.16. The number of ether oxygens (including phenoxy) is 1. The van der Waals surface area contributed by atoms with Gasteiger partial charge >= 0.3 is 11.9 Å². The zero-order valence-electron chi connectivity index (χ0n) is 10.6. The highest BCUT2D eigenvalue weighted by molar-refractivity contribution is 5.89. The molecule has 0 amide bonds. The number of carboxylic acids is 1. The van der Waals surface area contributed by atoms with Crippen LogP contribution in [0.5, 0.6) is 0 Å². The molecule has 2 aromatic rings. The van der Waals surface area contributed by atoms with Gasteiger partial charge in [0.25, 0.3) is 0 Å². The van der Waals surface area contributed by atoms with Crippen molar-refractivity contribution >= 4 is 17.6 Å². The molecule has 2 heterocycles. The van der Waals surface area contributed by atoms with E-state index < -0.39 is 11.9 Å². The van der Waals surface area contributed by atoms with Crippen molar-refractivity contribution < 1.29 is 19.4 Å². The number of anilines is 1. The molecule has 8 heteroatoms. The molecule has 104 valence electrons. The van der Waals surface area contributed by atoms with Gasteiger partial charge in [0.2, 0.25) is 0 Å². The highest BCUT2D eigenvalue weighted by atomic mass is 16.5. The van der Waals surface area contributed by atoms with E-state index in [1.807, 2.05) is 0 Å². The van der Waals surface area contributed by atoms with Crippen LogP contribution in [0.4, 0.5) is 5.69 Å². The van der Waals surface area contributed by atoms with Crippen LogP contribution >= 0.6 is 0 Å². The molecule has 0 aromatic carbocycles. The summed E-state index contributed by atoms with van der Waals surface area (Å²) in [6.45, 7) is 1.96. The number of hydrogen-bond acceptors (Lipinski definition) is 6. The van der Waals surface area contributed by atoms with Gasteiger partial charge in [0.05, 0.1) is 29.6 Å². The van der Waals surface area contributed by atoms with Crippen molar-refractivity contribution in [3.63, 3.8) is 0 Å². The first-order chi connectivity index (χ1) is 9.52. The van der Waals surface area contributed by atoms with Crippen LogP contribution in [-0.2, 0) is 4.74 Å². The topological polar surface area (TPSA) is 120 Å². The van der Waals surface area contributed by atoms with E-state index in [1.165, 1.54) is 29.3 Å². The number of nitrogen functional groups attached to an aromatic ring is 1. The number of pyridine rings is 1. The number of hydrogen-bond donors (Lipinski definition) is 2. The average Bonchev–Trinajstić information content (AvgIpc) is 2.88. The number of carboxylic acid groups (broad SMARTS) is 1. The molecule has 0 spiro atoms. The number of nitrogens with zero attached hydrogens (tertiary/aromatic N) is 3. The Morgan fingerprint density at radius 3 is 2.75 bits per heavy atom. The van der Waals surface area contributed by atoms with Gasteiger partial charge in [-0.2, -0.15) is 5.10 Å². The summed E-state index contributed by atoms with van der Waals surface area (Å²) in [5, 5.41) is 12.8. The van der Waals surface area contributed by atoms with Gasteiger partial charge in [0.1, 0.15) is 0 Å². The van der Waals surface area contributed by atoms with Gasteiger partial charge in [-0.25, -0.2) is 19.3 Å². The maximum atomic E-state index is 11.5. The number of esters is 1. The Morgan fingerprint density at radius 2 is 2.15 bits per heavy atom.